The fourth-order valence-electron chi connectivity index (χ4n) is 3.58. The Morgan fingerprint density at radius 2 is 1.83 bits per heavy atom. The van der Waals surface area contributed by atoms with Crippen molar-refractivity contribution in [1.29, 1.82) is 0 Å². The molecule has 2 aromatic heterocycles. The minimum absolute atomic E-state index is 0.129. The SMILES string of the molecule is Cn1c(C(OC(C)(C)C)C(=O)O)c(-c2ccc(Cl)cc2)c2ccn(CCO)c2c1=O. The lowest BCUT2D eigenvalue weighted by atomic mass is 9.96. The number of benzene rings is 1. The number of carboxylic acid groups (broad SMARTS) is 1. The minimum atomic E-state index is -1.36. The van der Waals surface area contributed by atoms with Gasteiger partial charge in [0, 0.05) is 35.8 Å². The van der Waals surface area contributed by atoms with Crippen LogP contribution in [0.1, 0.15) is 32.6 Å². The zero-order chi connectivity index (χ0) is 22.2. The van der Waals surface area contributed by atoms with E-state index >= 15 is 0 Å². The van der Waals surface area contributed by atoms with Crippen LogP contribution in [0.3, 0.4) is 0 Å². The number of ether oxygens (including phenoxy) is 1. The van der Waals surface area contributed by atoms with Crippen LogP contribution in [-0.4, -0.2) is 37.5 Å². The number of aliphatic carboxylic acids is 1. The Hall–Kier alpha value is -2.61. The van der Waals surface area contributed by atoms with Gasteiger partial charge in [-0.3, -0.25) is 4.79 Å². The number of nitrogens with zero attached hydrogens (tertiary/aromatic N) is 2. The lowest BCUT2D eigenvalue weighted by Crippen LogP contribution is -2.33. The van der Waals surface area contributed by atoms with E-state index in [-0.39, 0.29) is 24.4 Å². The smallest absolute Gasteiger partial charge is 0.339 e. The molecule has 8 heteroatoms. The predicted octanol–water partition coefficient (Wildman–Crippen LogP) is 3.59. The first-order chi connectivity index (χ1) is 14.0. The Morgan fingerprint density at radius 3 is 2.37 bits per heavy atom. The third-order valence-corrected chi connectivity index (χ3v) is 5.03. The number of hydrogen-bond donors (Lipinski definition) is 2. The van der Waals surface area contributed by atoms with Crippen LogP contribution >= 0.6 is 11.6 Å². The number of carboxylic acids is 1. The Morgan fingerprint density at radius 1 is 1.20 bits per heavy atom. The molecule has 0 amide bonds. The van der Waals surface area contributed by atoms with Crippen LogP contribution in [0.5, 0.6) is 0 Å². The molecular formula is C22H25ClN2O5. The van der Waals surface area contributed by atoms with Crippen LogP contribution in [0.25, 0.3) is 22.0 Å². The molecule has 0 aliphatic heterocycles. The van der Waals surface area contributed by atoms with Crippen molar-refractivity contribution in [1.82, 2.24) is 9.13 Å². The van der Waals surface area contributed by atoms with Gasteiger partial charge >= 0.3 is 5.97 Å². The molecule has 0 radical (unpaired) electrons. The first-order valence-corrected chi connectivity index (χ1v) is 9.92. The van der Waals surface area contributed by atoms with Gasteiger partial charge in [0.25, 0.3) is 5.56 Å². The van der Waals surface area contributed by atoms with E-state index in [4.69, 9.17) is 16.3 Å². The number of aliphatic hydroxyl groups is 1. The first kappa shape index (κ1) is 22.1. The van der Waals surface area contributed by atoms with Crippen molar-refractivity contribution < 1.29 is 19.7 Å². The summed E-state index contributed by atoms with van der Waals surface area (Å²) < 4.78 is 8.87. The van der Waals surface area contributed by atoms with E-state index in [9.17, 15) is 19.8 Å². The van der Waals surface area contributed by atoms with Crippen LogP contribution in [0.2, 0.25) is 5.02 Å². The summed E-state index contributed by atoms with van der Waals surface area (Å²) >= 11 is 6.05. The highest BCUT2D eigenvalue weighted by Crippen LogP contribution is 2.37. The monoisotopic (exact) mass is 432 g/mol. The zero-order valence-corrected chi connectivity index (χ0v) is 18.1. The Labute approximate surface area is 179 Å². The minimum Gasteiger partial charge on any atom is -0.479 e. The molecule has 30 heavy (non-hydrogen) atoms. The van der Waals surface area contributed by atoms with Crippen molar-refractivity contribution >= 4 is 28.5 Å². The summed E-state index contributed by atoms with van der Waals surface area (Å²) in [4.78, 5) is 25.4. The number of fused-ring (bicyclic) bond motifs is 1. The molecule has 0 saturated heterocycles. The Balaban J connectivity index is 2.45. The summed E-state index contributed by atoms with van der Waals surface area (Å²) in [5.74, 6) is -1.19. The van der Waals surface area contributed by atoms with Crippen LogP contribution in [0, 0.1) is 0 Å². The fourth-order valence-corrected chi connectivity index (χ4v) is 3.71. The van der Waals surface area contributed by atoms with Crippen molar-refractivity contribution in [2.24, 2.45) is 7.05 Å². The molecule has 0 aliphatic rings. The van der Waals surface area contributed by atoms with Gasteiger partial charge in [0.15, 0.2) is 6.10 Å². The lowest BCUT2D eigenvalue weighted by molar-refractivity contribution is -0.161. The van der Waals surface area contributed by atoms with E-state index in [1.807, 2.05) is 0 Å². The van der Waals surface area contributed by atoms with Gasteiger partial charge in [-0.05, 0) is 44.5 Å². The average molecular weight is 433 g/mol. The van der Waals surface area contributed by atoms with Gasteiger partial charge in [0.1, 0.15) is 5.52 Å². The second-order valence-electron chi connectivity index (χ2n) is 8.07. The first-order valence-electron chi connectivity index (χ1n) is 9.54. The molecule has 7 nitrogen and oxygen atoms in total. The van der Waals surface area contributed by atoms with Crippen molar-refractivity contribution in [2.75, 3.05) is 6.61 Å². The summed E-state index contributed by atoms with van der Waals surface area (Å²) in [5.41, 5.74) is 0.811. The van der Waals surface area contributed by atoms with Gasteiger partial charge in [-0.1, -0.05) is 23.7 Å². The number of aliphatic hydroxyl groups excluding tert-OH is 1. The highest BCUT2D eigenvalue weighted by atomic mass is 35.5. The molecule has 1 aromatic carbocycles. The van der Waals surface area contributed by atoms with Crippen molar-refractivity contribution in [3.63, 3.8) is 0 Å². The molecular weight excluding hydrogens is 408 g/mol. The summed E-state index contributed by atoms with van der Waals surface area (Å²) in [5, 5.41) is 20.5. The molecule has 1 atom stereocenters. The maximum absolute atomic E-state index is 13.2. The molecule has 0 saturated carbocycles. The van der Waals surface area contributed by atoms with Crippen molar-refractivity contribution in [2.45, 2.75) is 39.0 Å². The van der Waals surface area contributed by atoms with E-state index in [0.29, 0.717) is 27.1 Å². The number of aromatic nitrogens is 2. The van der Waals surface area contributed by atoms with Gasteiger partial charge in [-0.2, -0.15) is 0 Å². The average Bonchev–Trinajstić information content (AvgIpc) is 3.07. The van der Waals surface area contributed by atoms with Crippen LogP contribution in [0.4, 0.5) is 0 Å². The van der Waals surface area contributed by atoms with Gasteiger partial charge in [-0.15, -0.1) is 0 Å². The summed E-state index contributed by atoms with van der Waals surface area (Å²) in [6.07, 6.45) is 0.352. The standard InChI is InChI=1S/C22H25ClN2O5/c1-22(2,3)30-19(21(28)29)18-16(13-5-7-14(23)8-6-13)15-9-10-25(11-12-26)17(15)20(27)24(18)4/h5-10,19,26H,11-12H2,1-4H3,(H,28,29). The molecule has 160 valence electrons. The number of carbonyl (C=O) groups is 1. The highest BCUT2D eigenvalue weighted by Gasteiger charge is 2.33. The third kappa shape index (κ3) is 4.14. The number of rotatable bonds is 6. The number of halogens is 1. The molecule has 1 unspecified atom stereocenters. The lowest BCUT2D eigenvalue weighted by Gasteiger charge is -2.28. The van der Waals surface area contributed by atoms with E-state index in [1.165, 1.54) is 11.6 Å². The molecule has 3 aromatic rings. The van der Waals surface area contributed by atoms with E-state index < -0.39 is 17.7 Å². The fraction of sp³-hybridized carbons (Fsp3) is 0.364. The number of pyridine rings is 1. The van der Waals surface area contributed by atoms with Gasteiger partial charge < -0.3 is 24.1 Å². The summed E-state index contributed by atoms with van der Waals surface area (Å²) in [6.45, 7) is 5.41. The zero-order valence-electron chi connectivity index (χ0n) is 17.3. The van der Waals surface area contributed by atoms with Crippen molar-refractivity contribution in [3.05, 3.63) is 57.6 Å². The summed E-state index contributed by atoms with van der Waals surface area (Å²) in [6, 6.07) is 8.75. The normalized spacial score (nSPS) is 13.0. The van der Waals surface area contributed by atoms with Crippen molar-refractivity contribution in [3.8, 4) is 11.1 Å². The molecule has 0 aliphatic carbocycles. The van der Waals surface area contributed by atoms with Crippen LogP contribution in [-0.2, 0) is 23.1 Å². The molecule has 2 heterocycles. The third-order valence-electron chi connectivity index (χ3n) is 4.78. The maximum Gasteiger partial charge on any atom is 0.339 e. The van der Waals surface area contributed by atoms with Gasteiger partial charge in [0.05, 0.1) is 17.9 Å². The topological polar surface area (TPSA) is 93.7 Å². The van der Waals surface area contributed by atoms with Gasteiger partial charge in [-0.25, -0.2) is 4.79 Å². The van der Waals surface area contributed by atoms with Gasteiger partial charge in [0.2, 0.25) is 0 Å². The maximum atomic E-state index is 13.2. The molecule has 2 N–H and O–H groups in total. The summed E-state index contributed by atoms with van der Waals surface area (Å²) in [7, 11) is 1.54. The largest absolute Gasteiger partial charge is 0.479 e. The molecule has 0 spiro atoms. The highest BCUT2D eigenvalue weighted by molar-refractivity contribution is 6.30. The van der Waals surface area contributed by atoms with E-state index in [1.54, 1.807) is 61.9 Å². The second kappa shape index (κ2) is 8.26. The number of hydrogen-bond acceptors (Lipinski definition) is 4. The molecule has 0 fully saturated rings. The van der Waals surface area contributed by atoms with Crippen LogP contribution in [0.15, 0.2) is 41.3 Å². The predicted molar refractivity (Wildman–Crippen MR) is 116 cm³/mol. The van der Waals surface area contributed by atoms with E-state index in [0.717, 1.165) is 0 Å². The van der Waals surface area contributed by atoms with E-state index in [2.05, 4.69) is 0 Å². The Bertz CT molecular complexity index is 1140. The Kier molecular flexibility index (Phi) is 6.08. The molecule has 0 bridgehead atoms. The molecule has 3 rings (SSSR count). The van der Waals surface area contributed by atoms with Crippen LogP contribution < -0.4 is 5.56 Å². The quantitative estimate of drug-likeness (QED) is 0.620. The second-order valence-corrected chi connectivity index (χ2v) is 8.51.